The summed E-state index contributed by atoms with van der Waals surface area (Å²) < 4.78 is 51.0. The second-order valence-corrected chi connectivity index (χ2v) is 5.20. The Bertz CT molecular complexity index is 566. The lowest BCUT2D eigenvalue weighted by molar-refractivity contribution is -0.174. The Hall–Kier alpha value is -1.67. The molecule has 0 atom stereocenters. The Morgan fingerprint density at radius 1 is 1.26 bits per heavy atom. The molecule has 5 nitrogen and oxygen atoms in total. The molecule has 0 aromatic heterocycles. The van der Waals surface area contributed by atoms with Gasteiger partial charge < -0.3 is 19.5 Å². The zero-order chi connectivity index (χ0) is 16.9. The van der Waals surface area contributed by atoms with Crippen LogP contribution in [-0.4, -0.2) is 38.5 Å². The van der Waals surface area contributed by atoms with Gasteiger partial charge in [0.25, 0.3) is 0 Å². The zero-order valence-electron chi connectivity index (χ0n) is 12.0. The molecule has 0 spiro atoms. The topological polar surface area (TPSA) is 56.8 Å². The molecule has 0 saturated heterocycles. The lowest BCUT2D eigenvalue weighted by Crippen LogP contribution is -2.20. The molecule has 1 N–H and O–H groups in total. The highest BCUT2D eigenvalue weighted by molar-refractivity contribution is 6.34. The quantitative estimate of drug-likeness (QED) is 0.824. The van der Waals surface area contributed by atoms with Crippen molar-refractivity contribution < 1.29 is 32.2 Å². The van der Waals surface area contributed by atoms with Crippen LogP contribution in [0.4, 0.5) is 18.9 Å². The minimum Gasteiger partial charge on any atom is -0.490 e. The highest BCUT2D eigenvalue weighted by Crippen LogP contribution is 2.37. The van der Waals surface area contributed by atoms with E-state index < -0.39 is 18.7 Å². The summed E-state index contributed by atoms with van der Waals surface area (Å²) >= 11 is 6.05. The van der Waals surface area contributed by atoms with Crippen LogP contribution in [0.3, 0.4) is 0 Å². The van der Waals surface area contributed by atoms with Gasteiger partial charge in [-0.3, -0.25) is 4.79 Å². The molecule has 128 valence electrons. The van der Waals surface area contributed by atoms with Gasteiger partial charge in [0.15, 0.2) is 11.5 Å². The number of hydrogen-bond donors (Lipinski definition) is 1. The first-order chi connectivity index (χ1) is 10.8. The van der Waals surface area contributed by atoms with Gasteiger partial charge in [0.05, 0.1) is 37.0 Å². The first kappa shape index (κ1) is 17.7. The molecule has 2 rings (SSSR count). The van der Waals surface area contributed by atoms with E-state index >= 15 is 0 Å². The minimum absolute atomic E-state index is 0.221. The van der Waals surface area contributed by atoms with Crippen LogP contribution in [0.25, 0.3) is 0 Å². The predicted octanol–water partition coefficient (Wildman–Crippen LogP) is 3.41. The van der Waals surface area contributed by atoms with Crippen LogP contribution in [0.1, 0.15) is 12.8 Å². The molecule has 0 radical (unpaired) electrons. The van der Waals surface area contributed by atoms with Crippen LogP contribution in [0.15, 0.2) is 12.1 Å². The number of rotatable bonds is 5. The Morgan fingerprint density at radius 2 is 1.91 bits per heavy atom. The molecule has 0 bridgehead atoms. The van der Waals surface area contributed by atoms with Crippen molar-refractivity contribution in [3.63, 3.8) is 0 Å². The van der Waals surface area contributed by atoms with Crippen molar-refractivity contribution in [3.05, 3.63) is 17.2 Å². The Kier molecular flexibility index (Phi) is 5.95. The summed E-state index contributed by atoms with van der Waals surface area (Å²) in [6.45, 7) is -0.739. The van der Waals surface area contributed by atoms with E-state index in [0.717, 1.165) is 6.42 Å². The van der Waals surface area contributed by atoms with Crippen molar-refractivity contribution in [2.24, 2.45) is 0 Å². The first-order valence-corrected chi connectivity index (χ1v) is 7.26. The maximum absolute atomic E-state index is 11.9. The van der Waals surface area contributed by atoms with Gasteiger partial charge in [0, 0.05) is 18.6 Å². The van der Waals surface area contributed by atoms with Crippen LogP contribution in [0.5, 0.6) is 11.5 Å². The van der Waals surface area contributed by atoms with E-state index in [1.165, 1.54) is 12.1 Å². The average molecular weight is 354 g/mol. The van der Waals surface area contributed by atoms with Crippen LogP contribution < -0.4 is 14.8 Å². The summed E-state index contributed by atoms with van der Waals surface area (Å²) in [7, 11) is 0. The van der Waals surface area contributed by atoms with Crippen molar-refractivity contribution in [3.8, 4) is 11.5 Å². The van der Waals surface area contributed by atoms with Crippen LogP contribution in [0.2, 0.25) is 5.02 Å². The third-order valence-corrected chi connectivity index (χ3v) is 3.16. The summed E-state index contributed by atoms with van der Waals surface area (Å²) in [6, 6.07) is 3.05. The van der Waals surface area contributed by atoms with Crippen LogP contribution in [0, 0.1) is 0 Å². The SMILES string of the molecule is O=C(CCOCC(F)(F)F)Nc1cc2c(cc1Cl)OCCCO2. The number of benzene rings is 1. The summed E-state index contributed by atoms with van der Waals surface area (Å²) in [5, 5.41) is 2.76. The number of carbonyl (C=O) groups excluding carboxylic acids is 1. The van der Waals surface area contributed by atoms with Crippen LogP contribution in [-0.2, 0) is 9.53 Å². The van der Waals surface area contributed by atoms with Crippen molar-refractivity contribution in [2.45, 2.75) is 19.0 Å². The summed E-state index contributed by atoms with van der Waals surface area (Å²) in [6.07, 6.45) is -3.90. The fraction of sp³-hybridized carbons (Fsp3) is 0.500. The van der Waals surface area contributed by atoms with Crippen molar-refractivity contribution in [1.82, 2.24) is 0 Å². The maximum Gasteiger partial charge on any atom is 0.411 e. The van der Waals surface area contributed by atoms with Gasteiger partial charge >= 0.3 is 6.18 Å². The number of alkyl halides is 3. The molecular formula is C14H15ClF3NO4. The number of ether oxygens (including phenoxy) is 3. The molecule has 23 heavy (non-hydrogen) atoms. The maximum atomic E-state index is 11.9. The van der Waals surface area contributed by atoms with E-state index in [-0.39, 0.29) is 18.1 Å². The standard InChI is InChI=1S/C14H15ClF3NO4/c15-9-6-11-12(23-4-1-3-22-11)7-10(9)19-13(20)2-5-21-8-14(16,17)18/h6-7H,1-5,8H2,(H,19,20). The average Bonchev–Trinajstić information content (AvgIpc) is 2.68. The summed E-state index contributed by atoms with van der Waals surface area (Å²) in [5.41, 5.74) is 0.303. The smallest absolute Gasteiger partial charge is 0.411 e. The van der Waals surface area contributed by atoms with E-state index in [0.29, 0.717) is 30.4 Å². The molecule has 1 amide bonds. The van der Waals surface area contributed by atoms with Crippen molar-refractivity contribution >= 4 is 23.2 Å². The third-order valence-electron chi connectivity index (χ3n) is 2.85. The second-order valence-electron chi connectivity index (χ2n) is 4.80. The Balaban J connectivity index is 1.89. The number of amides is 1. The van der Waals surface area contributed by atoms with Crippen molar-refractivity contribution in [2.75, 3.05) is 31.7 Å². The normalized spacial score (nSPS) is 14.3. The van der Waals surface area contributed by atoms with Crippen molar-refractivity contribution in [1.29, 1.82) is 0 Å². The van der Waals surface area contributed by atoms with Gasteiger partial charge in [-0.2, -0.15) is 13.2 Å². The predicted molar refractivity (Wildman–Crippen MR) is 77.2 cm³/mol. The number of fused-ring (bicyclic) bond motifs is 1. The molecule has 1 aliphatic heterocycles. The highest BCUT2D eigenvalue weighted by Gasteiger charge is 2.27. The Labute approximate surface area is 135 Å². The molecular weight excluding hydrogens is 339 g/mol. The van der Waals surface area contributed by atoms with Gasteiger partial charge in [-0.15, -0.1) is 0 Å². The van der Waals surface area contributed by atoms with Gasteiger partial charge in [0.1, 0.15) is 6.61 Å². The van der Waals surface area contributed by atoms with E-state index in [1.54, 1.807) is 0 Å². The second kappa shape index (κ2) is 7.74. The molecule has 1 aliphatic rings. The van der Waals surface area contributed by atoms with E-state index in [2.05, 4.69) is 10.1 Å². The molecule has 1 aromatic carbocycles. The molecule has 1 heterocycles. The number of hydrogen-bond acceptors (Lipinski definition) is 4. The largest absolute Gasteiger partial charge is 0.490 e. The molecule has 0 aliphatic carbocycles. The van der Waals surface area contributed by atoms with Gasteiger partial charge in [-0.25, -0.2) is 0 Å². The number of halogens is 4. The molecule has 9 heteroatoms. The fourth-order valence-electron chi connectivity index (χ4n) is 1.85. The highest BCUT2D eigenvalue weighted by atomic mass is 35.5. The summed E-state index contributed by atoms with van der Waals surface area (Å²) in [4.78, 5) is 11.7. The lowest BCUT2D eigenvalue weighted by Gasteiger charge is -2.12. The zero-order valence-corrected chi connectivity index (χ0v) is 12.8. The molecule has 1 aromatic rings. The van der Waals surface area contributed by atoms with E-state index in [1.807, 2.05) is 0 Å². The fourth-order valence-corrected chi connectivity index (χ4v) is 2.05. The third kappa shape index (κ3) is 5.80. The molecule has 0 saturated carbocycles. The number of nitrogens with one attached hydrogen (secondary N) is 1. The van der Waals surface area contributed by atoms with E-state index in [9.17, 15) is 18.0 Å². The first-order valence-electron chi connectivity index (χ1n) is 6.88. The van der Waals surface area contributed by atoms with Gasteiger partial charge in [-0.05, 0) is 0 Å². The lowest BCUT2D eigenvalue weighted by atomic mass is 10.2. The minimum atomic E-state index is -4.41. The summed E-state index contributed by atoms with van der Waals surface area (Å²) in [5.74, 6) is 0.429. The Morgan fingerprint density at radius 3 is 2.57 bits per heavy atom. The number of anilines is 1. The monoisotopic (exact) mass is 353 g/mol. The van der Waals surface area contributed by atoms with E-state index in [4.69, 9.17) is 21.1 Å². The number of carbonyl (C=O) groups is 1. The molecule has 0 unspecified atom stereocenters. The van der Waals surface area contributed by atoms with Gasteiger partial charge in [-0.1, -0.05) is 11.6 Å². The molecule has 0 fully saturated rings. The van der Waals surface area contributed by atoms with Gasteiger partial charge in [0.2, 0.25) is 5.91 Å². The van der Waals surface area contributed by atoms with Crippen LogP contribution >= 0.6 is 11.6 Å².